The van der Waals surface area contributed by atoms with Gasteiger partial charge in [0.25, 0.3) is 0 Å². The summed E-state index contributed by atoms with van der Waals surface area (Å²) in [6.07, 6.45) is -8.77. The summed E-state index contributed by atoms with van der Waals surface area (Å²) in [6, 6.07) is 3.21. The molecule has 1 aromatic heterocycles. The molecular formula is C22H25F5N4O7. The Bertz CT molecular complexity index is 1140. The van der Waals surface area contributed by atoms with Gasteiger partial charge in [-0.1, -0.05) is 5.10 Å². The second kappa shape index (κ2) is 10.3. The summed E-state index contributed by atoms with van der Waals surface area (Å²) in [4.78, 5) is 14.4. The van der Waals surface area contributed by atoms with E-state index >= 15 is 0 Å². The normalized spacial score (nSPS) is 20.8. The van der Waals surface area contributed by atoms with Crippen LogP contribution in [0.1, 0.15) is 45.5 Å². The molecule has 2 aliphatic heterocycles. The number of carbonyl (C=O) groups excluding carboxylic acids is 1. The van der Waals surface area contributed by atoms with Gasteiger partial charge >= 0.3 is 24.8 Å². The third-order valence-electron chi connectivity index (χ3n) is 5.26. The fraction of sp³-hybridized carbons (Fsp3) is 0.591. The summed E-state index contributed by atoms with van der Waals surface area (Å²) < 4.78 is 91.5. The van der Waals surface area contributed by atoms with E-state index in [0.29, 0.717) is 18.5 Å². The molecule has 3 heterocycles. The zero-order valence-electron chi connectivity index (χ0n) is 20.5. The van der Waals surface area contributed by atoms with Crippen molar-refractivity contribution in [3.63, 3.8) is 0 Å². The average molecular weight is 552 g/mol. The minimum Gasteiger partial charge on any atom is -0.447 e. The molecule has 1 saturated heterocycles. The van der Waals surface area contributed by atoms with Crippen LogP contribution in [0.3, 0.4) is 0 Å². The van der Waals surface area contributed by atoms with Crippen LogP contribution in [0.25, 0.3) is 0 Å². The van der Waals surface area contributed by atoms with Gasteiger partial charge in [-0.25, -0.2) is 4.79 Å². The third-order valence-corrected chi connectivity index (χ3v) is 5.26. The van der Waals surface area contributed by atoms with E-state index in [1.807, 2.05) is 0 Å². The number of hydrogen-bond donors (Lipinski definition) is 1. The van der Waals surface area contributed by atoms with Crippen molar-refractivity contribution >= 4 is 11.8 Å². The number of piperidine rings is 1. The molecule has 38 heavy (non-hydrogen) atoms. The van der Waals surface area contributed by atoms with Crippen molar-refractivity contribution in [1.82, 2.24) is 15.1 Å². The number of benzene rings is 1. The van der Waals surface area contributed by atoms with Crippen molar-refractivity contribution in [3.05, 3.63) is 24.1 Å². The summed E-state index contributed by atoms with van der Waals surface area (Å²) in [5, 5.41) is 10.7. The van der Waals surface area contributed by atoms with Gasteiger partial charge in [-0.2, -0.15) is 0 Å². The van der Waals surface area contributed by atoms with E-state index in [1.165, 1.54) is 23.1 Å². The number of likely N-dealkylation sites (tertiary alicyclic amines) is 1. The summed E-state index contributed by atoms with van der Waals surface area (Å²) in [6.45, 7) is 3.94. The van der Waals surface area contributed by atoms with Crippen LogP contribution < -0.4 is 19.5 Å². The van der Waals surface area contributed by atoms with Gasteiger partial charge < -0.3 is 28.7 Å². The predicted molar refractivity (Wildman–Crippen MR) is 117 cm³/mol. The van der Waals surface area contributed by atoms with Crippen LogP contribution in [0.15, 0.2) is 22.6 Å². The number of rotatable bonds is 7. The second-order valence-electron chi connectivity index (χ2n) is 9.44. The number of alkyl halides is 5. The molecule has 2 aromatic rings. The van der Waals surface area contributed by atoms with Gasteiger partial charge in [-0.15, -0.1) is 27.1 Å². The van der Waals surface area contributed by atoms with E-state index in [2.05, 4.69) is 29.7 Å². The number of hydrogen-bond acceptors (Lipinski definition) is 10. The Labute approximate surface area is 213 Å². The molecule has 0 bridgehead atoms. The summed E-state index contributed by atoms with van der Waals surface area (Å²) in [7, 11) is 0. The maximum absolute atomic E-state index is 13.3. The molecule has 210 valence electrons. The van der Waals surface area contributed by atoms with Crippen molar-refractivity contribution in [2.45, 2.75) is 64.0 Å². The van der Waals surface area contributed by atoms with Gasteiger partial charge in [-0.05, 0) is 45.7 Å². The molecule has 1 aromatic carbocycles. The first-order valence-corrected chi connectivity index (χ1v) is 11.5. The number of anilines is 1. The molecule has 16 heteroatoms. The fourth-order valence-electron chi connectivity index (χ4n) is 3.84. The minimum absolute atomic E-state index is 0.00589. The highest BCUT2D eigenvalue weighted by Crippen LogP contribution is 2.42. The standard InChI is InChI=1S/C22H25F5N4O7/c1-20(2,3)38-19(32)31-11-13(28-12-5-7-15-16(10-12)37-22(26,27)36-15)4-6-14(31)17-29-30-18(35-17)33-8-9-34-21(23,24)25/h5,7,10,13-14,28H,4,6,8-9,11H2,1-3H3. The molecule has 0 spiro atoms. The number of nitrogens with one attached hydrogen (secondary N) is 1. The molecule has 0 saturated carbocycles. The Morgan fingerprint density at radius 3 is 2.58 bits per heavy atom. The van der Waals surface area contributed by atoms with E-state index in [0.717, 1.165) is 0 Å². The van der Waals surface area contributed by atoms with Crippen LogP contribution in [0.5, 0.6) is 17.6 Å². The maximum atomic E-state index is 13.3. The zero-order valence-corrected chi connectivity index (χ0v) is 20.5. The van der Waals surface area contributed by atoms with Gasteiger partial charge in [0, 0.05) is 24.3 Å². The predicted octanol–water partition coefficient (Wildman–Crippen LogP) is 4.86. The van der Waals surface area contributed by atoms with E-state index in [-0.39, 0.29) is 36.1 Å². The lowest BCUT2D eigenvalue weighted by Gasteiger charge is -2.39. The number of amides is 1. The van der Waals surface area contributed by atoms with E-state index in [9.17, 15) is 26.7 Å². The molecule has 11 nitrogen and oxygen atoms in total. The minimum atomic E-state index is -4.80. The molecule has 1 fully saturated rings. The monoisotopic (exact) mass is 552 g/mol. The van der Waals surface area contributed by atoms with Crippen LogP contribution in [0, 0.1) is 0 Å². The van der Waals surface area contributed by atoms with Crippen molar-refractivity contribution in [1.29, 1.82) is 0 Å². The van der Waals surface area contributed by atoms with Gasteiger partial charge in [0.15, 0.2) is 11.5 Å². The molecular weight excluding hydrogens is 527 g/mol. The van der Waals surface area contributed by atoms with Crippen LogP contribution in [-0.2, 0) is 9.47 Å². The Morgan fingerprint density at radius 1 is 1.13 bits per heavy atom. The maximum Gasteiger partial charge on any atom is 0.586 e. The quantitative estimate of drug-likeness (QED) is 0.377. The number of fused-ring (bicyclic) bond motifs is 1. The first kappa shape index (κ1) is 27.5. The SMILES string of the molecule is CC(C)(C)OC(=O)N1CC(Nc2ccc3c(c2)OC(F)(F)O3)CCC1c1nnc(OCCOC(F)(F)F)o1. The highest BCUT2D eigenvalue weighted by atomic mass is 19.4. The van der Waals surface area contributed by atoms with E-state index in [4.69, 9.17) is 13.9 Å². The Kier molecular flexibility index (Phi) is 7.45. The topological polar surface area (TPSA) is 117 Å². The lowest BCUT2D eigenvalue weighted by atomic mass is 9.98. The second-order valence-corrected chi connectivity index (χ2v) is 9.44. The number of ether oxygens (including phenoxy) is 5. The molecule has 0 radical (unpaired) electrons. The largest absolute Gasteiger partial charge is 0.586 e. The van der Waals surface area contributed by atoms with Crippen molar-refractivity contribution < 1.29 is 54.8 Å². The van der Waals surface area contributed by atoms with Crippen molar-refractivity contribution in [2.24, 2.45) is 0 Å². The Morgan fingerprint density at radius 2 is 1.87 bits per heavy atom. The fourth-order valence-corrected chi connectivity index (χ4v) is 3.84. The number of nitrogens with zero attached hydrogens (tertiary/aromatic N) is 3. The number of carbonyl (C=O) groups is 1. The summed E-state index contributed by atoms with van der Waals surface area (Å²) >= 11 is 0. The smallest absolute Gasteiger partial charge is 0.447 e. The van der Waals surface area contributed by atoms with Crippen LogP contribution in [0.2, 0.25) is 0 Å². The van der Waals surface area contributed by atoms with Crippen LogP contribution >= 0.6 is 0 Å². The molecule has 2 unspecified atom stereocenters. The highest BCUT2D eigenvalue weighted by Gasteiger charge is 2.44. The van der Waals surface area contributed by atoms with Crippen molar-refractivity contribution in [3.8, 4) is 17.6 Å². The van der Waals surface area contributed by atoms with Gasteiger partial charge in [-0.3, -0.25) is 9.64 Å². The average Bonchev–Trinajstić information content (AvgIpc) is 3.37. The third kappa shape index (κ3) is 7.26. The first-order chi connectivity index (χ1) is 17.7. The lowest BCUT2D eigenvalue weighted by molar-refractivity contribution is -0.325. The van der Waals surface area contributed by atoms with Gasteiger partial charge in [0.1, 0.15) is 18.2 Å². The lowest BCUT2D eigenvalue weighted by Crippen LogP contribution is -2.48. The van der Waals surface area contributed by atoms with E-state index < -0.39 is 43.6 Å². The molecule has 1 N–H and O–H groups in total. The Balaban J connectivity index is 1.43. The van der Waals surface area contributed by atoms with Gasteiger partial charge in [0.05, 0.1) is 6.61 Å². The number of aromatic nitrogens is 2. The highest BCUT2D eigenvalue weighted by molar-refractivity contribution is 5.69. The van der Waals surface area contributed by atoms with Crippen LogP contribution in [-0.4, -0.2) is 65.2 Å². The summed E-state index contributed by atoms with van der Waals surface area (Å²) in [5.41, 5.74) is -0.348. The molecule has 0 aliphatic carbocycles. The zero-order chi connectivity index (χ0) is 27.7. The summed E-state index contributed by atoms with van der Waals surface area (Å²) in [5.74, 6) is -0.220. The van der Waals surface area contributed by atoms with Crippen molar-refractivity contribution in [2.75, 3.05) is 25.1 Å². The Hall–Kier alpha value is -3.56. The van der Waals surface area contributed by atoms with Crippen LogP contribution in [0.4, 0.5) is 32.4 Å². The first-order valence-electron chi connectivity index (χ1n) is 11.5. The van der Waals surface area contributed by atoms with E-state index in [1.54, 1.807) is 20.8 Å². The van der Waals surface area contributed by atoms with Gasteiger partial charge in [0.2, 0.25) is 5.89 Å². The molecule has 2 aliphatic rings. The molecule has 1 amide bonds. The molecule has 2 atom stereocenters. The number of halogens is 5. The molecule has 4 rings (SSSR count).